The van der Waals surface area contributed by atoms with Crippen LogP contribution in [0, 0.1) is 0 Å². The van der Waals surface area contributed by atoms with Gasteiger partial charge in [0.2, 0.25) is 0 Å². The number of aromatic nitrogens is 1. The summed E-state index contributed by atoms with van der Waals surface area (Å²) in [6.45, 7) is 1.41. The number of ketones is 2. The Hall–Kier alpha value is -2.03. The number of rotatable bonds is 3. The standard InChI is InChI=1S/C13H11NO2/c1-9(15)7-13(16)11-5-4-10-3-2-6-14-12(10)8-11/h2-6,8H,7H2,1H3. The largest absolute Gasteiger partial charge is 0.300 e. The van der Waals surface area contributed by atoms with Gasteiger partial charge in [0.15, 0.2) is 5.78 Å². The number of benzene rings is 1. The van der Waals surface area contributed by atoms with Crippen LogP contribution in [0.3, 0.4) is 0 Å². The Morgan fingerprint density at radius 2 is 2.06 bits per heavy atom. The predicted molar refractivity (Wildman–Crippen MR) is 61.4 cm³/mol. The van der Waals surface area contributed by atoms with E-state index in [4.69, 9.17) is 0 Å². The van der Waals surface area contributed by atoms with Crippen molar-refractivity contribution in [3.05, 3.63) is 42.1 Å². The lowest BCUT2D eigenvalue weighted by molar-refractivity contribution is -0.116. The number of hydrogen-bond acceptors (Lipinski definition) is 3. The minimum Gasteiger partial charge on any atom is -0.300 e. The van der Waals surface area contributed by atoms with Gasteiger partial charge in [0, 0.05) is 17.1 Å². The smallest absolute Gasteiger partial charge is 0.170 e. The topological polar surface area (TPSA) is 47.0 Å². The first kappa shape index (κ1) is 10.5. The number of Topliss-reactive ketones (excluding diaryl/α,β-unsaturated/α-hetero) is 2. The summed E-state index contributed by atoms with van der Waals surface area (Å²) in [6, 6.07) is 9.08. The maximum atomic E-state index is 11.7. The minimum absolute atomic E-state index is 0.0433. The lowest BCUT2D eigenvalue weighted by atomic mass is 10.0. The average molecular weight is 213 g/mol. The van der Waals surface area contributed by atoms with Crippen LogP contribution in [-0.4, -0.2) is 16.6 Å². The van der Waals surface area contributed by atoms with Crippen molar-refractivity contribution in [2.75, 3.05) is 0 Å². The second kappa shape index (κ2) is 4.23. The highest BCUT2D eigenvalue weighted by Crippen LogP contribution is 2.14. The van der Waals surface area contributed by atoms with Crippen molar-refractivity contribution in [2.45, 2.75) is 13.3 Å². The van der Waals surface area contributed by atoms with Gasteiger partial charge >= 0.3 is 0 Å². The van der Waals surface area contributed by atoms with Crippen LogP contribution in [0.5, 0.6) is 0 Å². The summed E-state index contributed by atoms with van der Waals surface area (Å²) < 4.78 is 0. The number of carbonyl (C=O) groups excluding carboxylic acids is 2. The Labute approximate surface area is 93.1 Å². The molecule has 1 aromatic carbocycles. The normalized spacial score (nSPS) is 10.3. The van der Waals surface area contributed by atoms with Crippen molar-refractivity contribution in [1.82, 2.24) is 4.98 Å². The van der Waals surface area contributed by atoms with E-state index >= 15 is 0 Å². The Bertz CT molecular complexity index is 561. The molecule has 16 heavy (non-hydrogen) atoms. The van der Waals surface area contributed by atoms with Crippen LogP contribution in [0.1, 0.15) is 23.7 Å². The molecule has 0 N–H and O–H groups in total. The lowest BCUT2D eigenvalue weighted by Gasteiger charge is -2.00. The van der Waals surface area contributed by atoms with Crippen LogP contribution in [0.25, 0.3) is 10.9 Å². The summed E-state index contributed by atoms with van der Waals surface area (Å²) in [7, 11) is 0. The number of fused-ring (bicyclic) bond motifs is 1. The van der Waals surface area contributed by atoms with Crippen LogP contribution >= 0.6 is 0 Å². The second-order valence-electron chi connectivity index (χ2n) is 3.71. The Morgan fingerprint density at radius 1 is 1.25 bits per heavy atom. The zero-order valence-electron chi connectivity index (χ0n) is 8.93. The molecule has 0 aliphatic heterocycles. The van der Waals surface area contributed by atoms with Crippen molar-refractivity contribution in [3.63, 3.8) is 0 Å². The fourth-order valence-corrected chi connectivity index (χ4v) is 1.57. The third-order valence-corrected chi connectivity index (χ3v) is 2.34. The van der Waals surface area contributed by atoms with Gasteiger partial charge < -0.3 is 0 Å². The van der Waals surface area contributed by atoms with Crippen molar-refractivity contribution >= 4 is 22.5 Å². The molecule has 0 spiro atoms. The molecule has 0 aliphatic carbocycles. The highest BCUT2D eigenvalue weighted by Gasteiger charge is 2.09. The molecule has 0 fully saturated rings. The quantitative estimate of drug-likeness (QED) is 0.581. The van der Waals surface area contributed by atoms with E-state index in [2.05, 4.69) is 4.98 Å². The summed E-state index contributed by atoms with van der Waals surface area (Å²) in [5.41, 5.74) is 1.32. The van der Waals surface area contributed by atoms with E-state index in [1.54, 1.807) is 18.3 Å². The van der Waals surface area contributed by atoms with Crippen LogP contribution < -0.4 is 0 Å². The molecule has 0 bridgehead atoms. The van der Waals surface area contributed by atoms with Gasteiger partial charge in [0.1, 0.15) is 5.78 Å². The third kappa shape index (κ3) is 2.14. The van der Waals surface area contributed by atoms with Gasteiger partial charge in [-0.2, -0.15) is 0 Å². The fourth-order valence-electron chi connectivity index (χ4n) is 1.57. The van der Waals surface area contributed by atoms with E-state index in [-0.39, 0.29) is 18.0 Å². The molecule has 1 aromatic heterocycles. The molecule has 0 saturated carbocycles. The monoisotopic (exact) mass is 213 g/mol. The van der Waals surface area contributed by atoms with E-state index in [1.165, 1.54) is 6.92 Å². The number of hydrogen-bond donors (Lipinski definition) is 0. The molecule has 2 aromatic rings. The molecule has 0 atom stereocenters. The zero-order valence-corrected chi connectivity index (χ0v) is 8.93. The van der Waals surface area contributed by atoms with E-state index in [0.717, 1.165) is 10.9 Å². The van der Waals surface area contributed by atoms with Crippen LogP contribution in [0.2, 0.25) is 0 Å². The number of carbonyl (C=O) groups is 2. The molecule has 2 rings (SSSR count). The molecule has 0 unspecified atom stereocenters. The summed E-state index contributed by atoms with van der Waals surface area (Å²) in [5, 5.41) is 0.988. The van der Waals surface area contributed by atoms with Gasteiger partial charge in [0.05, 0.1) is 11.9 Å². The molecule has 3 heteroatoms. The summed E-state index contributed by atoms with van der Waals surface area (Å²) in [6.07, 6.45) is 1.64. The predicted octanol–water partition coefficient (Wildman–Crippen LogP) is 2.40. The minimum atomic E-state index is -0.153. The van der Waals surface area contributed by atoms with Crippen molar-refractivity contribution in [2.24, 2.45) is 0 Å². The van der Waals surface area contributed by atoms with Gasteiger partial charge in [0.25, 0.3) is 0 Å². The Balaban J connectivity index is 2.39. The van der Waals surface area contributed by atoms with Crippen molar-refractivity contribution in [3.8, 4) is 0 Å². The summed E-state index contributed by atoms with van der Waals surface area (Å²) >= 11 is 0. The maximum Gasteiger partial charge on any atom is 0.170 e. The highest BCUT2D eigenvalue weighted by molar-refractivity contribution is 6.08. The molecule has 1 heterocycles. The average Bonchev–Trinajstić information content (AvgIpc) is 2.27. The number of nitrogens with zero attached hydrogens (tertiary/aromatic N) is 1. The molecule has 0 saturated heterocycles. The molecule has 0 aliphatic rings. The van der Waals surface area contributed by atoms with Gasteiger partial charge in [-0.15, -0.1) is 0 Å². The first-order valence-electron chi connectivity index (χ1n) is 5.04. The van der Waals surface area contributed by atoms with Crippen LogP contribution in [-0.2, 0) is 4.79 Å². The molecule has 0 radical (unpaired) electrons. The van der Waals surface area contributed by atoms with E-state index in [1.807, 2.05) is 18.2 Å². The zero-order chi connectivity index (χ0) is 11.5. The van der Waals surface area contributed by atoms with Crippen molar-refractivity contribution in [1.29, 1.82) is 0 Å². The Morgan fingerprint density at radius 3 is 2.81 bits per heavy atom. The SMILES string of the molecule is CC(=O)CC(=O)c1ccc2cccnc2c1. The van der Waals surface area contributed by atoms with Gasteiger partial charge in [-0.25, -0.2) is 0 Å². The maximum absolute atomic E-state index is 11.7. The molecule has 3 nitrogen and oxygen atoms in total. The molecular weight excluding hydrogens is 202 g/mol. The first-order valence-corrected chi connectivity index (χ1v) is 5.04. The Kier molecular flexibility index (Phi) is 2.77. The first-order chi connectivity index (χ1) is 7.66. The van der Waals surface area contributed by atoms with Gasteiger partial charge in [-0.1, -0.05) is 18.2 Å². The fraction of sp³-hybridized carbons (Fsp3) is 0.154. The van der Waals surface area contributed by atoms with Crippen LogP contribution in [0.4, 0.5) is 0 Å². The van der Waals surface area contributed by atoms with Gasteiger partial charge in [-0.3, -0.25) is 14.6 Å². The van der Waals surface area contributed by atoms with E-state index in [0.29, 0.717) is 5.56 Å². The van der Waals surface area contributed by atoms with Crippen molar-refractivity contribution < 1.29 is 9.59 Å². The van der Waals surface area contributed by atoms with Gasteiger partial charge in [-0.05, 0) is 19.1 Å². The number of pyridine rings is 1. The summed E-state index contributed by atoms with van der Waals surface area (Å²) in [5.74, 6) is -0.272. The second-order valence-corrected chi connectivity index (χ2v) is 3.71. The molecule has 0 amide bonds. The lowest BCUT2D eigenvalue weighted by Crippen LogP contribution is -2.04. The third-order valence-electron chi connectivity index (χ3n) is 2.34. The van der Waals surface area contributed by atoms with E-state index < -0.39 is 0 Å². The molecule has 80 valence electrons. The highest BCUT2D eigenvalue weighted by atomic mass is 16.1. The van der Waals surface area contributed by atoms with E-state index in [9.17, 15) is 9.59 Å². The van der Waals surface area contributed by atoms with Crippen LogP contribution in [0.15, 0.2) is 36.5 Å². The summed E-state index contributed by atoms with van der Waals surface area (Å²) in [4.78, 5) is 26.7. The molecular formula is C13H11NO2.